The van der Waals surface area contributed by atoms with E-state index in [4.69, 9.17) is 4.98 Å². The summed E-state index contributed by atoms with van der Waals surface area (Å²) in [6.07, 6.45) is 1.52. The second kappa shape index (κ2) is 6.12. The van der Waals surface area contributed by atoms with E-state index in [1.807, 2.05) is 18.2 Å². The fourth-order valence-corrected chi connectivity index (χ4v) is 6.08. The van der Waals surface area contributed by atoms with Crippen molar-refractivity contribution in [3.63, 3.8) is 0 Å². The average Bonchev–Trinajstić information content (AvgIpc) is 3.49. The Kier molecular flexibility index (Phi) is 3.46. The van der Waals surface area contributed by atoms with Crippen LogP contribution in [-0.4, -0.2) is 51.8 Å². The number of carbonyl (C=O) groups excluding carboxylic acids is 3. The molecule has 1 aliphatic carbocycles. The number of hydrogen-bond donors (Lipinski definition) is 3. The quantitative estimate of drug-likeness (QED) is 0.526. The van der Waals surface area contributed by atoms with Crippen molar-refractivity contribution in [3.05, 3.63) is 52.8 Å². The first-order valence-corrected chi connectivity index (χ1v) is 11.2. The molecule has 1 spiro atoms. The van der Waals surface area contributed by atoms with E-state index in [2.05, 4.69) is 32.7 Å². The van der Waals surface area contributed by atoms with Crippen molar-refractivity contribution in [2.24, 2.45) is 0 Å². The summed E-state index contributed by atoms with van der Waals surface area (Å²) < 4.78 is 0. The molecule has 2 aromatic carbocycles. The van der Waals surface area contributed by atoms with Gasteiger partial charge in [0.2, 0.25) is 5.91 Å². The van der Waals surface area contributed by atoms with Crippen LogP contribution < -0.4 is 15.5 Å². The van der Waals surface area contributed by atoms with Crippen molar-refractivity contribution < 1.29 is 14.4 Å². The third-order valence-corrected chi connectivity index (χ3v) is 7.73. The molecule has 4 heterocycles. The highest BCUT2D eigenvalue weighted by Crippen LogP contribution is 2.45. The fraction of sp³-hybridized carbons (Fsp3) is 0.333. The van der Waals surface area contributed by atoms with Crippen molar-refractivity contribution >= 4 is 40.3 Å². The maximum atomic E-state index is 12.5. The van der Waals surface area contributed by atoms with E-state index < -0.39 is 5.54 Å². The van der Waals surface area contributed by atoms with Crippen LogP contribution in [0.2, 0.25) is 0 Å². The molecule has 4 amide bonds. The third kappa shape index (κ3) is 2.47. The van der Waals surface area contributed by atoms with Gasteiger partial charge in [-0.15, -0.1) is 0 Å². The number of imidazole rings is 1. The Hall–Kier alpha value is -3.88. The van der Waals surface area contributed by atoms with Crippen molar-refractivity contribution in [3.8, 4) is 0 Å². The zero-order valence-electron chi connectivity index (χ0n) is 18.1. The molecule has 4 aliphatic rings. The number of rotatable bonds is 2. The van der Waals surface area contributed by atoms with Gasteiger partial charge in [0, 0.05) is 55.7 Å². The summed E-state index contributed by atoms with van der Waals surface area (Å²) in [7, 11) is 1.68. The molecule has 1 saturated heterocycles. The maximum absolute atomic E-state index is 12.5. The molecule has 1 aromatic heterocycles. The zero-order chi connectivity index (χ0) is 22.5. The Labute approximate surface area is 189 Å². The Morgan fingerprint density at radius 2 is 1.94 bits per heavy atom. The van der Waals surface area contributed by atoms with Gasteiger partial charge in [-0.25, -0.2) is 9.78 Å². The Balaban J connectivity index is 1.19. The molecule has 7 rings (SSSR count). The van der Waals surface area contributed by atoms with Crippen molar-refractivity contribution in [2.45, 2.75) is 37.3 Å². The van der Waals surface area contributed by atoms with Gasteiger partial charge in [0.05, 0.1) is 17.6 Å². The molecular formula is C24H22N6O3. The highest BCUT2D eigenvalue weighted by Gasteiger charge is 2.54. The first kappa shape index (κ1) is 18.7. The number of imide groups is 1. The van der Waals surface area contributed by atoms with Gasteiger partial charge in [-0.05, 0) is 35.4 Å². The van der Waals surface area contributed by atoms with Gasteiger partial charge in [-0.3, -0.25) is 14.9 Å². The van der Waals surface area contributed by atoms with E-state index in [-0.39, 0.29) is 23.8 Å². The molecule has 9 heteroatoms. The number of aromatic amines is 1. The number of anilines is 2. The van der Waals surface area contributed by atoms with Crippen LogP contribution in [0.15, 0.2) is 30.3 Å². The highest BCUT2D eigenvalue weighted by molar-refractivity contribution is 6.08. The van der Waals surface area contributed by atoms with Crippen molar-refractivity contribution in [2.75, 3.05) is 23.8 Å². The lowest BCUT2D eigenvalue weighted by Crippen LogP contribution is -2.48. The molecule has 2 unspecified atom stereocenters. The predicted molar refractivity (Wildman–Crippen MR) is 121 cm³/mol. The van der Waals surface area contributed by atoms with Gasteiger partial charge >= 0.3 is 6.03 Å². The molecular weight excluding hydrogens is 420 g/mol. The molecule has 0 radical (unpaired) electrons. The second-order valence-electron chi connectivity index (χ2n) is 9.59. The minimum Gasteiger partial charge on any atom is -0.363 e. The predicted octanol–water partition coefficient (Wildman–Crippen LogP) is 2.03. The van der Waals surface area contributed by atoms with Crippen LogP contribution in [0.4, 0.5) is 16.2 Å². The summed E-state index contributed by atoms with van der Waals surface area (Å²) in [5.74, 6) is 0.928. The lowest BCUT2D eigenvalue weighted by molar-refractivity contribution is -0.125. The summed E-state index contributed by atoms with van der Waals surface area (Å²) in [4.78, 5) is 48.7. The van der Waals surface area contributed by atoms with Gasteiger partial charge in [0.25, 0.3) is 5.91 Å². The molecule has 0 saturated carbocycles. The largest absolute Gasteiger partial charge is 0.363 e. The number of likely N-dealkylation sites (N-methyl/N-ethyl adjacent to an activating group) is 1. The molecule has 1 fully saturated rings. The number of amides is 4. The smallest absolute Gasteiger partial charge is 0.324 e. The van der Waals surface area contributed by atoms with Crippen LogP contribution in [0, 0.1) is 0 Å². The van der Waals surface area contributed by atoms with Crippen LogP contribution in [-0.2, 0) is 29.0 Å². The van der Waals surface area contributed by atoms with E-state index in [1.54, 1.807) is 7.05 Å². The third-order valence-electron chi connectivity index (χ3n) is 7.73. The number of nitrogens with one attached hydrogen (secondary N) is 3. The number of carbonyl (C=O) groups is 3. The topological polar surface area (TPSA) is 110 Å². The van der Waals surface area contributed by atoms with Crippen LogP contribution in [0.3, 0.4) is 0 Å². The minimum absolute atomic E-state index is 0.0748. The van der Waals surface area contributed by atoms with E-state index in [9.17, 15) is 14.4 Å². The standard InChI is InChI=1S/C24H22N6O3/c1-29-23(33)28-22(32)24(29)8-12-5-16-17(6-13(12)9-24)26-19(25-16)11-30-10-14-7-20(31)27-15-3-2-4-18(30)21(14)15/h2-6,14H,7-11H2,1H3,(H,25,26)(H,27,31)(H,28,32,33). The van der Waals surface area contributed by atoms with Crippen molar-refractivity contribution in [1.82, 2.24) is 20.2 Å². The average molecular weight is 442 g/mol. The van der Waals surface area contributed by atoms with E-state index >= 15 is 0 Å². The second-order valence-corrected chi connectivity index (χ2v) is 9.59. The Morgan fingerprint density at radius 3 is 2.73 bits per heavy atom. The molecule has 3 aromatic rings. The van der Waals surface area contributed by atoms with Crippen molar-refractivity contribution in [1.29, 1.82) is 0 Å². The summed E-state index contributed by atoms with van der Waals surface area (Å²) in [5.41, 5.74) is 6.40. The highest BCUT2D eigenvalue weighted by atomic mass is 16.2. The summed E-state index contributed by atoms with van der Waals surface area (Å²) >= 11 is 0. The first-order chi connectivity index (χ1) is 15.9. The van der Waals surface area contributed by atoms with E-state index in [1.165, 1.54) is 10.5 Å². The van der Waals surface area contributed by atoms with Gasteiger partial charge in [0.15, 0.2) is 0 Å². The van der Waals surface area contributed by atoms with Gasteiger partial charge in [-0.1, -0.05) is 6.07 Å². The molecule has 33 heavy (non-hydrogen) atoms. The molecule has 9 nitrogen and oxygen atoms in total. The van der Waals surface area contributed by atoms with Crippen LogP contribution >= 0.6 is 0 Å². The maximum Gasteiger partial charge on any atom is 0.324 e. The normalized spacial score (nSPS) is 22.2. The number of hydrogen-bond acceptors (Lipinski definition) is 5. The Bertz CT molecular complexity index is 1370. The molecule has 166 valence electrons. The van der Waals surface area contributed by atoms with E-state index in [0.29, 0.717) is 25.8 Å². The van der Waals surface area contributed by atoms with E-state index in [0.717, 1.165) is 45.9 Å². The lowest BCUT2D eigenvalue weighted by Gasteiger charge is -2.27. The number of fused-ring (bicyclic) bond motifs is 2. The SMILES string of the molecule is CN1C(=O)NC(=O)C12Cc1cc3nc(CN4CC5CC(=O)Nc6cccc4c65)[nH]c3cc1C2. The summed E-state index contributed by atoms with van der Waals surface area (Å²) in [6, 6.07) is 9.82. The molecule has 0 bridgehead atoms. The summed E-state index contributed by atoms with van der Waals surface area (Å²) in [6.45, 7) is 1.43. The van der Waals surface area contributed by atoms with Gasteiger partial charge < -0.3 is 20.1 Å². The molecule has 3 N–H and O–H groups in total. The van der Waals surface area contributed by atoms with Gasteiger partial charge in [0.1, 0.15) is 11.4 Å². The Morgan fingerprint density at radius 1 is 1.12 bits per heavy atom. The number of urea groups is 1. The van der Waals surface area contributed by atoms with Crippen LogP contribution in [0.5, 0.6) is 0 Å². The molecule has 3 aliphatic heterocycles. The minimum atomic E-state index is -0.829. The van der Waals surface area contributed by atoms with Crippen LogP contribution in [0.25, 0.3) is 11.0 Å². The number of aromatic nitrogens is 2. The zero-order valence-corrected chi connectivity index (χ0v) is 18.1. The lowest BCUT2D eigenvalue weighted by atomic mass is 9.92. The summed E-state index contributed by atoms with van der Waals surface area (Å²) in [5, 5.41) is 5.43. The molecule has 2 atom stereocenters. The fourth-order valence-electron chi connectivity index (χ4n) is 6.08. The van der Waals surface area contributed by atoms with Gasteiger partial charge in [-0.2, -0.15) is 0 Å². The first-order valence-electron chi connectivity index (χ1n) is 11.2. The number of H-pyrrole nitrogens is 1. The number of benzene rings is 2. The van der Waals surface area contributed by atoms with Crippen LogP contribution in [0.1, 0.15) is 34.9 Å². The monoisotopic (exact) mass is 442 g/mol. The number of nitrogens with zero attached hydrogens (tertiary/aromatic N) is 3.